The fraction of sp³-hybridized carbons (Fsp3) is 0.500. The van der Waals surface area contributed by atoms with E-state index >= 15 is 0 Å². The van der Waals surface area contributed by atoms with Crippen LogP contribution in [-0.4, -0.2) is 13.2 Å². The third-order valence-electron chi connectivity index (χ3n) is 2.91. The lowest BCUT2D eigenvalue weighted by molar-refractivity contribution is 0.182. The molecule has 0 spiro atoms. The molecule has 2 atom stereocenters. The summed E-state index contributed by atoms with van der Waals surface area (Å²) in [6.45, 7) is 1.75. The molecule has 1 fully saturated rings. The van der Waals surface area contributed by atoms with Crippen molar-refractivity contribution >= 4 is 11.6 Å². The van der Waals surface area contributed by atoms with Gasteiger partial charge in [-0.1, -0.05) is 23.7 Å². The molecule has 1 aromatic rings. The van der Waals surface area contributed by atoms with Crippen molar-refractivity contribution in [3.05, 3.63) is 34.9 Å². The van der Waals surface area contributed by atoms with Gasteiger partial charge in [0.1, 0.15) is 0 Å². The number of halogens is 1. The van der Waals surface area contributed by atoms with Gasteiger partial charge in [-0.05, 0) is 36.5 Å². The molecule has 3 heteroatoms. The molecule has 2 N–H and O–H groups in total. The zero-order valence-corrected chi connectivity index (χ0v) is 9.41. The highest BCUT2D eigenvalue weighted by atomic mass is 35.5. The fourth-order valence-electron chi connectivity index (χ4n) is 1.97. The fourth-order valence-corrected chi connectivity index (χ4v) is 2.10. The summed E-state index contributed by atoms with van der Waals surface area (Å²) in [4.78, 5) is 0. The SMILES string of the molecule is NC(CC1CCOC1)c1ccc(Cl)cc1. The van der Waals surface area contributed by atoms with Gasteiger partial charge in [0.2, 0.25) is 0 Å². The summed E-state index contributed by atoms with van der Waals surface area (Å²) in [7, 11) is 0. The monoisotopic (exact) mass is 225 g/mol. The molecule has 1 aliphatic rings. The lowest BCUT2D eigenvalue weighted by Gasteiger charge is -2.15. The second kappa shape index (κ2) is 4.97. The minimum absolute atomic E-state index is 0.106. The first-order valence-electron chi connectivity index (χ1n) is 5.34. The Morgan fingerprint density at radius 1 is 1.40 bits per heavy atom. The summed E-state index contributed by atoms with van der Waals surface area (Å²) >= 11 is 5.83. The van der Waals surface area contributed by atoms with Crippen LogP contribution < -0.4 is 5.73 Å². The van der Waals surface area contributed by atoms with Crippen LogP contribution in [0.5, 0.6) is 0 Å². The van der Waals surface area contributed by atoms with Crippen LogP contribution in [0.15, 0.2) is 24.3 Å². The maximum absolute atomic E-state index is 6.13. The Kier molecular flexibility index (Phi) is 3.62. The number of rotatable bonds is 3. The molecule has 2 rings (SSSR count). The van der Waals surface area contributed by atoms with Crippen molar-refractivity contribution in [1.29, 1.82) is 0 Å². The average molecular weight is 226 g/mol. The number of ether oxygens (including phenoxy) is 1. The van der Waals surface area contributed by atoms with Crippen molar-refractivity contribution in [2.24, 2.45) is 11.7 Å². The molecule has 2 unspecified atom stereocenters. The summed E-state index contributed by atoms with van der Waals surface area (Å²) in [6, 6.07) is 7.89. The number of nitrogens with two attached hydrogens (primary N) is 1. The van der Waals surface area contributed by atoms with E-state index in [1.165, 1.54) is 0 Å². The standard InChI is InChI=1S/C12H16ClNO/c13-11-3-1-10(2-4-11)12(14)7-9-5-6-15-8-9/h1-4,9,12H,5-8,14H2. The molecule has 0 aliphatic carbocycles. The van der Waals surface area contributed by atoms with E-state index in [1.54, 1.807) is 0 Å². The Morgan fingerprint density at radius 2 is 2.13 bits per heavy atom. The van der Waals surface area contributed by atoms with Crippen LogP contribution in [-0.2, 0) is 4.74 Å². The normalized spacial score (nSPS) is 22.9. The van der Waals surface area contributed by atoms with Crippen molar-refractivity contribution in [1.82, 2.24) is 0 Å². The first-order chi connectivity index (χ1) is 7.25. The van der Waals surface area contributed by atoms with Crippen LogP contribution in [0.2, 0.25) is 5.02 Å². The minimum Gasteiger partial charge on any atom is -0.381 e. The van der Waals surface area contributed by atoms with Crippen LogP contribution in [0.4, 0.5) is 0 Å². The molecule has 0 radical (unpaired) electrons. The molecule has 1 aliphatic heterocycles. The number of hydrogen-bond acceptors (Lipinski definition) is 2. The highest BCUT2D eigenvalue weighted by molar-refractivity contribution is 6.30. The molecule has 1 aromatic carbocycles. The summed E-state index contributed by atoms with van der Waals surface area (Å²) < 4.78 is 5.34. The molecule has 0 bridgehead atoms. The van der Waals surface area contributed by atoms with Crippen molar-refractivity contribution in [2.45, 2.75) is 18.9 Å². The van der Waals surface area contributed by atoms with E-state index in [2.05, 4.69) is 0 Å². The van der Waals surface area contributed by atoms with Crippen molar-refractivity contribution in [2.75, 3.05) is 13.2 Å². The molecule has 0 saturated carbocycles. The molecule has 0 amide bonds. The zero-order valence-electron chi connectivity index (χ0n) is 8.66. The Hall–Kier alpha value is -0.570. The Balaban J connectivity index is 1.94. The van der Waals surface area contributed by atoms with E-state index < -0.39 is 0 Å². The van der Waals surface area contributed by atoms with Gasteiger partial charge in [-0.15, -0.1) is 0 Å². The van der Waals surface area contributed by atoms with Crippen molar-refractivity contribution in [3.8, 4) is 0 Å². The maximum atomic E-state index is 6.13. The molecular weight excluding hydrogens is 210 g/mol. The van der Waals surface area contributed by atoms with E-state index in [-0.39, 0.29) is 6.04 Å². The third-order valence-corrected chi connectivity index (χ3v) is 3.16. The molecule has 0 aromatic heterocycles. The second-order valence-electron chi connectivity index (χ2n) is 4.12. The smallest absolute Gasteiger partial charge is 0.0495 e. The molecule has 82 valence electrons. The summed E-state index contributed by atoms with van der Waals surface area (Å²) in [5.41, 5.74) is 7.28. The quantitative estimate of drug-likeness (QED) is 0.859. The van der Waals surface area contributed by atoms with Gasteiger partial charge in [0, 0.05) is 24.3 Å². The lowest BCUT2D eigenvalue weighted by atomic mass is 9.95. The highest BCUT2D eigenvalue weighted by Crippen LogP contribution is 2.25. The predicted molar refractivity (Wildman–Crippen MR) is 61.9 cm³/mol. The predicted octanol–water partition coefficient (Wildman–Crippen LogP) is 2.77. The third kappa shape index (κ3) is 2.94. The van der Waals surface area contributed by atoms with Crippen molar-refractivity contribution in [3.63, 3.8) is 0 Å². The lowest BCUT2D eigenvalue weighted by Crippen LogP contribution is -2.15. The van der Waals surface area contributed by atoms with Crippen LogP contribution in [0, 0.1) is 5.92 Å². The first kappa shape index (κ1) is 10.9. The molecule has 15 heavy (non-hydrogen) atoms. The van der Waals surface area contributed by atoms with E-state index in [4.69, 9.17) is 22.1 Å². The maximum Gasteiger partial charge on any atom is 0.0495 e. The van der Waals surface area contributed by atoms with E-state index in [9.17, 15) is 0 Å². The van der Waals surface area contributed by atoms with E-state index in [0.29, 0.717) is 5.92 Å². The highest BCUT2D eigenvalue weighted by Gasteiger charge is 2.19. The largest absolute Gasteiger partial charge is 0.381 e. The van der Waals surface area contributed by atoms with Gasteiger partial charge in [-0.3, -0.25) is 0 Å². The summed E-state index contributed by atoms with van der Waals surface area (Å²) in [5, 5.41) is 0.759. The Morgan fingerprint density at radius 3 is 2.73 bits per heavy atom. The minimum atomic E-state index is 0.106. The van der Waals surface area contributed by atoms with Gasteiger partial charge < -0.3 is 10.5 Å². The number of hydrogen-bond donors (Lipinski definition) is 1. The molecular formula is C12H16ClNO. The topological polar surface area (TPSA) is 35.2 Å². The van der Waals surface area contributed by atoms with Crippen LogP contribution in [0.3, 0.4) is 0 Å². The summed E-state index contributed by atoms with van der Waals surface area (Å²) in [5.74, 6) is 0.621. The number of benzene rings is 1. The van der Waals surface area contributed by atoms with Gasteiger partial charge in [-0.25, -0.2) is 0 Å². The van der Waals surface area contributed by atoms with E-state index in [1.807, 2.05) is 24.3 Å². The van der Waals surface area contributed by atoms with Crippen LogP contribution >= 0.6 is 11.6 Å². The first-order valence-corrected chi connectivity index (χ1v) is 5.72. The second-order valence-corrected chi connectivity index (χ2v) is 4.56. The van der Waals surface area contributed by atoms with Gasteiger partial charge in [-0.2, -0.15) is 0 Å². The molecule has 1 saturated heterocycles. The van der Waals surface area contributed by atoms with Gasteiger partial charge in [0.05, 0.1) is 0 Å². The Labute approximate surface area is 95.4 Å². The molecule has 1 heterocycles. The average Bonchev–Trinajstić information content (AvgIpc) is 2.71. The Bertz CT molecular complexity index is 306. The van der Waals surface area contributed by atoms with Gasteiger partial charge in [0.15, 0.2) is 0 Å². The van der Waals surface area contributed by atoms with Gasteiger partial charge in [0.25, 0.3) is 0 Å². The van der Waals surface area contributed by atoms with Gasteiger partial charge >= 0.3 is 0 Å². The van der Waals surface area contributed by atoms with Crippen molar-refractivity contribution < 1.29 is 4.74 Å². The van der Waals surface area contributed by atoms with Crippen LogP contribution in [0.1, 0.15) is 24.4 Å². The van der Waals surface area contributed by atoms with Crippen LogP contribution in [0.25, 0.3) is 0 Å². The molecule has 2 nitrogen and oxygen atoms in total. The zero-order chi connectivity index (χ0) is 10.7. The summed E-state index contributed by atoms with van der Waals surface area (Å²) in [6.07, 6.45) is 2.14. The van der Waals surface area contributed by atoms with E-state index in [0.717, 1.165) is 36.6 Å².